The number of aromatic nitrogens is 2. The molecular formula is C17H22ClN3O2. The van der Waals surface area contributed by atoms with Crippen LogP contribution in [-0.2, 0) is 4.74 Å². The van der Waals surface area contributed by atoms with Crippen molar-refractivity contribution in [1.82, 2.24) is 9.97 Å². The lowest BCUT2D eigenvalue weighted by Crippen LogP contribution is -2.47. The molecule has 0 saturated carbocycles. The van der Waals surface area contributed by atoms with Gasteiger partial charge in [0.05, 0.1) is 23.5 Å². The molecule has 2 aromatic heterocycles. The Morgan fingerprint density at radius 2 is 2.04 bits per heavy atom. The largest absolute Gasteiger partial charge is 0.472 e. The summed E-state index contributed by atoms with van der Waals surface area (Å²) in [7, 11) is 1.77. The summed E-state index contributed by atoms with van der Waals surface area (Å²) < 4.78 is 10.9. The van der Waals surface area contributed by atoms with Gasteiger partial charge in [0.1, 0.15) is 17.2 Å². The number of ether oxygens (including phenoxy) is 1. The first kappa shape index (κ1) is 16.3. The molecule has 0 aliphatic carbocycles. The van der Waals surface area contributed by atoms with Crippen molar-refractivity contribution < 1.29 is 9.15 Å². The summed E-state index contributed by atoms with van der Waals surface area (Å²) in [5.74, 6) is 1.37. The van der Waals surface area contributed by atoms with Crippen molar-refractivity contribution in [2.75, 3.05) is 18.6 Å². The summed E-state index contributed by atoms with van der Waals surface area (Å²) >= 11 is 6.24. The number of methoxy groups -OCH3 is 1. The van der Waals surface area contributed by atoms with E-state index >= 15 is 0 Å². The first-order chi connectivity index (χ1) is 10.8. The van der Waals surface area contributed by atoms with E-state index in [2.05, 4.69) is 37.6 Å². The van der Waals surface area contributed by atoms with Crippen LogP contribution in [0.4, 0.5) is 5.82 Å². The van der Waals surface area contributed by atoms with Gasteiger partial charge in [0, 0.05) is 25.1 Å². The molecule has 0 amide bonds. The number of nitrogens with zero attached hydrogens (tertiary/aromatic N) is 3. The third kappa shape index (κ3) is 2.72. The van der Waals surface area contributed by atoms with Crippen LogP contribution in [0, 0.1) is 5.41 Å². The van der Waals surface area contributed by atoms with E-state index in [9.17, 15) is 0 Å². The summed E-state index contributed by atoms with van der Waals surface area (Å²) in [5.41, 5.74) is 0.614. The van der Waals surface area contributed by atoms with Gasteiger partial charge in [0.25, 0.3) is 0 Å². The highest BCUT2D eigenvalue weighted by Gasteiger charge is 2.53. The maximum absolute atomic E-state index is 6.24. The summed E-state index contributed by atoms with van der Waals surface area (Å²) in [6.45, 7) is 9.59. The van der Waals surface area contributed by atoms with E-state index in [0.717, 1.165) is 17.9 Å². The van der Waals surface area contributed by atoms with Crippen LogP contribution in [-0.4, -0.2) is 35.3 Å². The van der Waals surface area contributed by atoms with Crippen LogP contribution >= 0.6 is 11.6 Å². The monoisotopic (exact) mass is 335 g/mol. The molecule has 0 spiro atoms. The summed E-state index contributed by atoms with van der Waals surface area (Å²) in [6, 6.07) is 3.63. The molecule has 6 heteroatoms. The first-order valence-corrected chi connectivity index (χ1v) is 8.01. The van der Waals surface area contributed by atoms with Gasteiger partial charge < -0.3 is 14.1 Å². The minimum absolute atomic E-state index is 0.00544. The predicted octanol–water partition coefficient (Wildman–Crippen LogP) is 4.03. The van der Waals surface area contributed by atoms with Gasteiger partial charge in [-0.25, -0.2) is 9.97 Å². The molecule has 1 aliphatic heterocycles. The molecule has 0 radical (unpaired) electrons. The number of furan rings is 1. The molecule has 0 bridgehead atoms. The Balaban J connectivity index is 2.05. The number of hydrogen-bond donors (Lipinski definition) is 0. The van der Waals surface area contributed by atoms with Gasteiger partial charge in [-0.2, -0.15) is 0 Å². The van der Waals surface area contributed by atoms with Gasteiger partial charge in [-0.15, -0.1) is 0 Å². The second-order valence-electron chi connectivity index (χ2n) is 7.23. The lowest BCUT2D eigenvalue weighted by Gasteiger charge is -2.37. The van der Waals surface area contributed by atoms with Gasteiger partial charge in [-0.05, 0) is 19.9 Å². The molecule has 2 aromatic rings. The van der Waals surface area contributed by atoms with Crippen LogP contribution in [0.1, 0.15) is 27.7 Å². The van der Waals surface area contributed by atoms with Crippen LogP contribution in [0.5, 0.6) is 0 Å². The van der Waals surface area contributed by atoms with Gasteiger partial charge in [0.2, 0.25) is 0 Å². The van der Waals surface area contributed by atoms with E-state index in [4.69, 9.17) is 25.7 Å². The first-order valence-electron chi connectivity index (χ1n) is 7.63. The van der Waals surface area contributed by atoms with Crippen LogP contribution in [0.2, 0.25) is 5.15 Å². The fourth-order valence-corrected chi connectivity index (χ4v) is 4.02. The molecule has 1 aliphatic rings. The van der Waals surface area contributed by atoms with Crippen LogP contribution in [0.3, 0.4) is 0 Å². The minimum atomic E-state index is -0.205. The van der Waals surface area contributed by atoms with Gasteiger partial charge >= 0.3 is 0 Å². The molecule has 1 saturated heterocycles. The van der Waals surface area contributed by atoms with Crippen molar-refractivity contribution in [2.24, 2.45) is 5.41 Å². The van der Waals surface area contributed by atoms with Crippen molar-refractivity contribution >= 4 is 17.4 Å². The number of halogens is 1. The highest BCUT2D eigenvalue weighted by atomic mass is 35.5. The van der Waals surface area contributed by atoms with Crippen molar-refractivity contribution in [3.8, 4) is 11.4 Å². The molecule has 124 valence electrons. The zero-order chi connectivity index (χ0) is 16.8. The standard InChI is InChI=1S/C17H22ClN3O2/c1-16(2)10-21(17(3,4)15(16)22-5)13-8-12(18)19-14(20-13)11-6-7-23-9-11/h6-9,15H,10H2,1-5H3. The van der Waals surface area contributed by atoms with Gasteiger partial charge in [-0.3, -0.25) is 0 Å². The maximum atomic E-state index is 6.24. The van der Waals surface area contributed by atoms with E-state index in [1.807, 2.05) is 6.07 Å². The van der Waals surface area contributed by atoms with Crippen LogP contribution in [0.15, 0.2) is 29.1 Å². The summed E-state index contributed by atoms with van der Waals surface area (Å²) in [6.07, 6.45) is 3.30. The minimum Gasteiger partial charge on any atom is -0.472 e. The Bertz CT molecular complexity index is 698. The molecule has 1 atom stereocenters. The molecule has 3 heterocycles. The highest BCUT2D eigenvalue weighted by Crippen LogP contribution is 2.45. The second-order valence-corrected chi connectivity index (χ2v) is 7.62. The SMILES string of the molecule is COC1C(C)(C)CN(c2cc(Cl)nc(-c3ccoc3)n2)C1(C)C. The maximum Gasteiger partial charge on any atom is 0.166 e. The average Bonchev–Trinajstić information content (AvgIpc) is 3.03. The zero-order valence-corrected chi connectivity index (χ0v) is 14.9. The third-order valence-electron chi connectivity index (χ3n) is 4.59. The molecule has 0 aromatic carbocycles. The predicted molar refractivity (Wildman–Crippen MR) is 90.7 cm³/mol. The molecule has 23 heavy (non-hydrogen) atoms. The molecular weight excluding hydrogens is 314 g/mol. The molecule has 0 N–H and O–H groups in total. The fraction of sp³-hybridized carbons (Fsp3) is 0.529. The van der Waals surface area contributed by atoms with Crippen LogP contribution < -0.4 is 4.90 Å². The molecule has 5 nitrogen and oxygen atoms in total. The fourth-order valence-electron chi connectivity index (χ4n) is 3.84. The van der Waals surface area contributed by atoms with E-state index in [1.165, 1.54) is 0 Å². The summed E-state index contributed by atoms with van der Waals surface area (Å²) in [5, 5.41) is 0.417. The quantitative estimate of drug-likeness (QED) is 0.793. The Hall–Kier alpha value is -1.59. The topological polar surface area (TPSA) is 51.4 Å². The number of rotatable bonds is 3. The molecule has 1 fully saturated rings. The van der Waals surface area contributed by atoms with Crippen molar-refractivity contribution in [2.45, 2.75) is 39.3 Å². The van der Waals surface area contributed by atoms with Crippen molar-refractivity contribution in [3.63, 3.8) is 0 Å². The van der Waals surface area contributed by atoms with Crippen LogP contribution in [0.25, 0.3) is 11.4 Å². The molecule has 3 rings (SSSR count). The highest BCUT2D eigenvalue weighted by molar-refractivity contribution is 6.29. The number of hydrogen-bond acceptors (Lipinski definition) is 5. The average molecular weight is 336 g/mol. The second kappa shape index (κ2) is 5.49. The Morgan fingerprint density at radius 3 is 2.61 bits per heavy atom. The normalized spacial score (nSPS) is 22.5. The van der Waals surface area contributed by atoms with E-state index < -0.39 is 0 Å². The Labute approximate surface area is 141 Å². The number of anilines is 1. The summed E-state index contributed by atoms with van der Waals surface area (Å²) in [4.78, 5) is 11.3. The smallest absolute Gasteiger partial charge is 0.166 e. The van der Waals surface area contributed by atoms with Gasteiger partial charge in [-0.1, -0.05) is 25.4 Å². The lowest BCUT2D eigenvalue weighted by molar-refractivity contribution is 0.00239. The van der Waals surface area contributed by atoms with Gasteiger partial charge in [0.15, 0.2) is 5.82 Å². The van der Waals surface area contributed by atoms with E-state index in [-0.39, 0.29) is 17.1 Å². The zero-order valence-electron chi connectivity index (χ0n) is 14.1. The van der Waals surface area contributed by atoms with E-state index in [0.29, 0.717) is 11.0 Å². The van der Waals surface area contributed by atoms with E-state index in [1.54, 1.807) is 25.7 Å². The Morgan fingerprint density at radius 1 is 1.30 bits per heavy atom. The van der Waals surface area contributed by atoms with Crippen molar-refractivity contribution in [1.29, 1.82) is 0 Å². The third-order valence-corrected chi connectivity index (χ3v) is 4.78. The Kier molecular flexibility index (Phi) is 3.89. The van der Waals surface area contributed by atoms with Crippen molar-refractivity contribution in [3.05, 3.63) is 29.8 Å². The lowest BCUT2D eigenvalue weighted by atomic mass is 9.82. The molecule has 1 unspecified atom stereocenters.